The number of alkyl halides is 4. The van der Waals surface area contributed by atoms with Gasteiger partial charge in [-0.3, -0.25) is 0 Å². The second-order valence-electron chi connectivity index (χ2n) is 1.81. The molecule has 0 atom stereocenters. The van der Waals surface area contributed by atoms with Crippen LogP contribution in [-0.2, 0) is 0 Å². The number of rotatable bonds is 2. The van der Waals surface area contributed by atoms with E-state index in [2.05, 4.69) is 9.97 Å². The van der Waals surface area contributed by atoms with Crippen LogP contribution in [0.5, 0.6) is 0 Å². The Morgan fingerprint density at radius 2 is 1.82 bits per heavy atom. The first kappa shape index (κ1) is 9.46. The summed E-state index contributed by atoms with van der Waals surface area (Å²) in [6, 6.07) is 0. The molecule has 0 saturated heterocycles. The number of halogens is 4. The number of nitrogens with zero attached hydrogens (tertiary/aromatic N) is 1. The third kappa shape index (κ3) is 2.41. The van der Waals surface area contributed by atoms with E-state index in [0.717, 1.165) is 0 Å². The second-order valence-corrected chi connectivity index (χ2v) is 4.00. The molecule has 0 aliphatic rings. The number of aromatic amines is 1. The van der Waals surface area contributed by atoms with Gasteiger partial charge in [0.2, 0.25) is 0 Å². The fraction of sp³-hybridized carbons (Fsp3) is 0.400. The van der Waals surface area contributed by atoms with E-state index >= 15 is 0 Å². The average molecular weight is 234 g/mol. The highest BCUT2D eigenvalue weighted by Gasteiger charge is 2.11. The van der Waals surface area contributed by atoms with E-state index in [-0.39, 0.29) is 0 Å². The Labute approximate surface area is 83.8 Å². The van der Waals surface area contributed by atoms with E-state index in [0.29, 0.717) is 11.5 Å². The molecule has 1 heterocycles. The summed E-state index contributed by atoms with van der Waals surface area (Å²) in [5.74, 6) is 0.453. The standard InChI is InChI=1S/C5H4Cl4N2/c6-3(7)2-1-10-5(11-2)4(8)9/h1,3-4H,(H,10,11). The zero-order chi connectivity index (χ0) is 8.43. The van der Waals surface area contributed by atoms with Crippen LogP contribution in [0.1, 0.15) is 21.2 Å². The van der Waals surface area contributed by atoms with Gasteiger partial charge in [0.1, 0.15) is 5.82 Å². The van der Waals surface area contributed by atoms with Gasteiger partial charge in [0.05, 0.1) is 5.69 Å². The van der Waals surface area contributed by atoms with Crippen molar-refractivity contribution in [2.45, 2.75) is 9.67 Å². The minimum atomic E-state index is -0.671. The van der Waals surface area contributed by atoms with Crippen molar-refractivity contribution < 1.29 is 0 Å². The molecule has 1 aromatic heterocycles. The van der Waals surface area contributed by atoms with Crippen LogP contribution in [0.2, 0.25) is 0 Å². The molecule has 0 unspecified atom stereocenters. The Kier molecular flexibility index (Phi) is 3.31. The van der Waals surface area contributed by atoms with E-state index in [1.807, 2.05) is 0 Å². The SMILES string of the molecule is ClC(Cl)c1c[nH]c(C(Cl)Cl)n1. The molecule has 0 saturated carbocycles. The van der Waals surface area contributed by atoms with Gasteiger partial charge in [-0.1, -0.05) is 46.4 Å². The maximum Gasteiger partial charge on any atom is 0.165 e. The van der Waals surface area contributed by atoms with Crippen LogP contribution in [0.25, 0.3) is 0 Å². The summed E-state index contributed by atoms with van der Waals surface area (Å²) in [7, 11) is 0. The minimum Gasteiger partial charge on any atom is -0.346 e. The summed E-state index contributed by atoms with van der Waals surface area (Å²) in [6.45, 7) is 0. The fourth-order valence-corrected chi connectivity index (χ4v) is 1.02. The van der Waals surface area contributed by atoms with Crippen LogP contribution in [0.3, 0.4) is 0 Å². The topological polar surface area (TPSA) is 28.7 Å². The van der Waals surface area contributed by atoms with Gasteiger partial charge < -0.3 is 4.98 Å². The Balaban J connectivity index is 2.82. The van der Waals surface area contributed by atoms with Crippen molar-refractivity contribution in [3.05, 3.63) is 17.7 Å². The first-order valence-electron chi connectivity index (χ1n) is 2.72. The molecule has 11 heavy (non-hydrogen) atoms. The molecule has 1 N–H and O–H groups in total. The van der Waals surface area contributed by atoms with E-state index < -0.39 is 9.67 Å². The van der Waals surface area contributed by atoms with Crippen molar-refractivity contribution in [3.63, 3.8) is 0 Å². The summed E-state index contributed by atoms with van der Waals surface area (Å²) >= 11 is 22.0. The zero-order valence-electron chi connectivity index (χ0n) is 5.19. The predicted octanol–water partition coefficient (Wildman–Crippen LogP) is 3.36. The molecule has 0 radical (unpaired) electrons. The normalized spacial score (nSPS) is 11.5. The number of imidazole rings is 1. The van der Waals surface area contributed by atoms with Crippen LogP contribution in [0.15, 0.2) is 6.20 Å². The zero-order valence-corrected chi connectivity index (χ0v) is 8.21. The molecule has 2 nitrogen and oxygen atoms in total. The minimum absolute atomic E-state index is 0.453. The van der Waals surface area contributed by atoms with Crippen molar-refractivity contribution in [2.24, 2.45) is 0 Å². The fourth-order valence-electron chi connectivity index (χ4n) is 0.575. The van der Waals surface area contributed by atoms with Gasteiger partial charge in [0.25, 0.3) is 0 Å². The van der Waals surface area contributed by atoms with Crippen molar-refractivity contribution >= 4 is 46.4 Å². The molecule has 0 bridgehead atoms. The highest BCUT2D eigenvalue weighted by molar-refractivity contribution is 6.44. The maximum absolute atomic E-state index is 5.52. The van der Waals surface area contributed by atoms with Crippen molar-refractivity contribution in [1.82, 2.24) is 9.97 Å². The third-order valence-corrected chi connectivity index (χ3v) is 1.91. The third-order valence-electron chi connectivity index (χ3n) is 1.05. The predicted molar refractivity (Wildman–Crippen MR) is 47.5 cm³/mol. The molecule has 0 fully saturated rings. The summed E-state index contributed by atoms with van der Waals surface area (Å²) in [5, 5.41) is 0. The van der Waals surface area contributed by atoms with Gasteiger partial charge in [-0.2, -0.15) is 0 Å². The quantitative estimate of drug-likeness (QED) is 0.780. The summed E-state index contributed by atoms with van der Waals surface area (Å²) in [4.78, 5) is 5.35. The van der Waals surface area contributed by atoms with Gasteiger partial charge in [0.15, 0.2) is 9.67 Å². The summed E-state index contributed by atoms with van der Waals surface area (Å²) in [6.07, 6.45) is 1.57. The van der Waals surface area contributed by atoms with Crippen molar-refractivity contribution in [1.29, 1.82) is 0 Å². The van der Waals surface area contributed by atoms with Crippen LogP contribution < -0.4 is 0 Å². The van der Waals surface area contributed by atoms with Crippen LogP contribution in [0, 0.1) is 0 Å². The first-order chi connectivity index (χ1) is 5.11. The van der Waals surface area contributed by atoms with Gasteiger partial charge in [0, 0.05) is 6.20 Å². The Morgan fingerprint density at radius 3 is 2.09 bits per heavy atom. The van der Waals surface area contributed by atoms with E-state index in [1.165, 1.54) is 0 Å². The van der Waals surface area contributed by atoms with Crippen molar-refractivity contribution in [2.75, 3.05) is 0 Å². The lowest BCUT2D eigenvalue weighted by atomic mass is 10.6. The van der Waals surface area contributed by atoms with Crippen LogP contribution >= 0.6 is 46.4 Å². The van der Waals surface area contributed by atoms with E-state index in [9.17, 15) is 0 Å². The van der Waals surface area contributed by atoms with Crippen molar-refractivity contribution in [3.8, 4) is 0 Å². The largest absolute Gasteiger partial charge is 0.346 e. The maximum atomic E-state index is 5.52. The first-order valence-corrected chi connectivity index (χ1v) is 4.47. The number of nitrogens with one attached hydrogen (secondary N) is 1. The van der Waals surface area contributed by atoms with Gasteiger partial charge in [-0.15, -0.1) is 0 Å². The summed E-state index contributed by atoms with van der Waals surface area (Å²) < 4.78 is 0. The lowest BCUT2D eigenvalue weighted by Gasteiger charge is -1.93. The molecule has 1 aromatic rings. The lowest BCUT2D eigenvalue weighted by Crippen LogP contribution is -1.85. The monoisotopic (exact) mass is 232 g/mol. The number of H-pyrrole nitrogens is 1. The summed E-state index contributed by atoms with van der Waals surface area (Å²) in [5.41, 5.74) is 0.523. The molecule has 62 valence electrons. The highest BCUT2D eigenvalue weighted by Crippen LogP contribution is 2.26. The van der Waals surface area contributed by atoms with Gasteiger partial charge in [-0.05, 0) is 0 Å². The smallest absolute Gasteiger partial charge is 0.165 e. The van der Waals surface area contributed by atoms with Crippen LogP contribution in [0.4, 0.5) is 0 Å². The molecule has 0 aromatic carbocycles. The average Bonchev–Trinajstić information content (AvgIpc) is 2.33. The molecule has 0 aliphatic heterocycles. The molecule has 6 heteroatoms. The lowest BCUT2D eigenvalue weighted by molar-refractivity contribution is 1.06. The van der Waals surface area contributed by atoms with Gasteiger partial charge in [-0.25, -0.2) is 4.98 Å². The molecular weight excluding hydrogens is 230 g/mol. The molecule has 1 rings (SSSR count). The Bertz CT molecular complexity index is 210. The molecule has 0 spiro atoms. The van der Waals surface area contributed by atoms with E-state index in [1.54, 1.807) is 6.20 Å². The molecular formula is C5H4Cl4N2. The van der Waals surface area contributed by atoms with E-state index in [4.69, 9.17) is 46.4 Å². The number of hydrogen-bond acceptors (Lipinski definition) is 1. The number of hydrogen-bond donors (Lipinski definition) is 1. The highest BCUT2D eigenvalue weighted by atomic mass is 35.5. The molecule has 0 aliphatic carbocycles. The Hall–Kier alpha value is 0.370. The molecule has 0 amide bonds. The van der Waals surface area contributed by atoms with Gasteiger partial charge >= 0.3 is 0 Å². The second kappa shape index (κ2) is 3.85. The Morgan fingerprint density at radius 1 is 1.18 bits per heavy atom. The van der Waals surface area contributed by atoms with Crippen LogP contribution in [-0.4, -0.2) is 9.97 Å². The number of aromatic nitrogens is 2.